The summed E-state index contributed by atoms with van der Waals surface area (Å²) in [7, 11) is 0. The minimum atomic E-state index is 0.0858. The number of halogens is 2. The summed E-state index contributed by atoms with van der Waals surface area (Å²) in [5.74, 6) is 0.496. The SMILES string of the molecule is C=C(CO)C[C@H](C)C[C@@H]1CC=C[C@@H](CC=C(Br)Br)O1. The van der Waals surface area contributed by atoms with Crippen LogP contribution in [0.1, 0.15) is 32.6 Å². The van der Waals surface area contributed by atoms with E-state index in [-0.39, 0.29) is 18.8 Å². The average Bonchev–Trinajstić information content (AvgIpc) is 2.36. The van der Waals surface area contributed by atoms with Gasteiger partial charge >= 0.3 is 0 Å². The second kappa shape index (κ2) is 9.11. The molecule has 0 spiro atoms. The molecule has 3 atom stereocenters. The van der Waals surface area contributed by atoms with E-state index in [9.17, 15) is 0 Å². The van der Waals surface area contributed by atoms with E-state index in [2.05, 4.69) is 63.6 Å². The lowest BCUT2D eigenvalue weighted by molar-refractivity contribution is -0.00432. The monoisotopic (exact) mass is 392 g/mol. The fraction of sp³-hybridized carbons (Fsp3) is 0.600. The lowest BCUT2D eigenvalue weighted by atomic mass is 9.94. The second-order valence-corrected chi connectivity index (χ2v) is 7.92. The maximum Gasteiger partial charge on any atom is 0.0794 e. The summed E-state index contributed by atoms with van der Waals surface area (Å²) >= 11 is 6.71. The van der Waals surface area contributed by atoms with E-state index >= 15 is 0 Å². The number of hydrogen-bond acceptors (Lipinski definition) is 2. The first-order valence-electron chi connectivity index (χ1n) is 6.62. The number of rotatable bonds is 7. The van der Waals surface area contributed by atoms with Gasteiger partial charge in [0.1, 0.15) is 0 Å². The lowest BCUT2D eigenvalue weighted by Gasteiger charge is -2.27. The summed E-state index contributed by atoms with van der Waals surface area (Å²) in [5, 5.41) is 9.00. The van der Waals surface area contributed by atoms with Crippen LogP contribution in [0, 0.1) is 5.92 Å². The molecule has 1 rings (SSSR count). The van der Waals surface area contributed by atoms with Crippen molar-refractivity contribution < 1.29 is 9.84 Å². The molecule has 0 fully saturated rings. The van der Waals surface area contributed by atoms with E-state index in [1.54, 1.807) is 0 Å². The molecule has 108 valence electrons. The Morgan fingerprint density at radius 3 is 2.95 bits per heavy atom. The van der Waals surface area contributed by atoms with Crippen molar-refractivity contribution in [1.82, 2.24) is 0 Å². The van der Waals surface area contributed by atoms with Crippen molar-refractivity contribution in [1.29, 1.82) is 0 Å². The third-order valence-corrected chi connectivity index (χ3v) is 3.79. The Labute approximate surface area is 132 Å². The van der Waals surface area contributed by atoms with Crippen LogP contribution in [0.2, 0.25) is 0 Å². The molecule has 2 nitrogen and oxygen atoms in total. The van der Waals surface area contributed by atoms with Crippen LogP contribution in [0.3, 0.4) is 0 Å². The van der Waals surface area contributed by atoms with Crippen molar-refractivity contribution in [2.75, 3.05) is 6.61 Å². The molecule has 1 heterocycles. The van der Waals surface area contributed by atoms with Gasteiger partial charge in [0, 0.05) is 0 Å². The number of aliphatic hydroxyl groups excluding tert-OH is 1. The average molecular weight is 394 g/mol. The second-order valence-electron chi connectivity index (χ2n) is 5.14. The summed E-state index contributed by atoms with van der Waals surface area (Å²) in [6.45, 7) is 6.12. The molecule has 1 N–H and O–H groups in total. The predicted octanol–water partition coefficient (Wildman–Crippen LogP) is 4.69. The molecular weight excluding hydrogens is 372 g/mol. The zero-order chi connectivity index (χ0) is 14.3. The van der Waals surface area contributed by atoms with Crippen LogP contribution in [0.15, 0.2) is 33.8 Å². The van der Waals surface area contributed by atoms with Gasteiger partial charge in [-0.3, -0.25) is 0 Å². The highest BCUT2D eigenvalue weighted by molar-refractivity contribution is 9.28. The molecule has 19 heavy (non-hydrogen) atoms. The molecule has 0 saturated carbocycles. The van der Waals surface area contributed by atoms with E-state index in [1.165, 1.54) is 0 Å². The van der Waals surface area contributed by atoms with Crippen LogP contribution in [-0.4, -0.2) is 23.9 Å². The van der Waals surface area contributed by atoms with E-state index in [0.29, 0.717) is 5.92 Å². The fourth-order valence-corrected chi connectivity index (χ4v) is 2.68. The zero-order valence-electron chi connectivity index (χ0n) is 11.3. The summed E-state index contributed by atoms with van der Waals surface area (Å²) < 4.78 is 7.02. The zero-order valence-corrected chi connectivity index (χ0v) is 14.5. The fourth-order valence-electron chi connectivity index (χ4n) is 2.31. The van der Waals surface area contributed by atoms with E-state index in [1.807, 2.05) is 0 Å². The summed E-state index contributed by atoms with van der Waals surface area (Å²) in [4.78, 5) is 0. The molecule has 0 amide bonds. The Bertz CT molecular complexity index is 346. The molecule has 0 bridgehead atoms. The van der Waals surface area contributed by atoms with Gasteiger partial charge < -0.3 is 9.84 Å². The first kappa shape index (κ1) is 17.2. The maximum absolute atomic E-state index is 9.00. The summed E-state index contributed by atoms with van der Waals surface area (Å²) in [6.07, 6.45) is 10.6. The highest BCUT2D eigenvalue weighted by atomic mass is 79.9. The third-order valence-electron chi connectivity index (χ3n) is 3.15. The smallest absolute Gasteiger partial charge is 0.0794 e. The minimum absolute atomic E-state index is 0.0858. The highest BCUT2D eigenvalue weighted by Gasteiger charge is 2.20. The standard InChI is InChI=1S/C15H22Br2O2/c1-11(8-12(2)10-18)9-14-5-3-4-13(19-14)6-7-15(16)17/h3-4,7,11,13-14,18H,2,5-6,8-10H2,1H3/t11-,13-,14-/m0/s1. The van der Waals surface area contributed by atoms with Crippen LogP contribution in [-0.2, 0) is 4.74 Å². The van der Waals surface area contributed by atoms with Gasteiger partial charge in [0.25, 0.3) is 0 Å². The molecule has 0 unspecified atom stereocenters. The van der Waals surface area contributed by atoms with Gasteiger partial charge in [-0.05, 0) is 63.5 Å². The first-order chi connectivity index (χ1) is 9.01. The summed E-state index contributed by atoms with van der Waals surface area (Å²) in [6, 6.07) is 0. The van der Waals surface area contributed by atoms with Crippen molar-refractivity contribution in [3.05, 3.63) is 33.8 Å². The van der Waals surface area contributed by atoms with Gasteiger partial charge in [-0.2, -0.15) is 0 Å². The predicted molar refractivity (Wildman–Crippen MR) is 87.6 cm³/mol. The van der Waals surface area contributed by atoms with Crippen molar-refractivity contribution in [3.8, 4) is 0 Å². The Kier molecular flexibility index (Phi) is 8.23. The third kappa shape index (κ3) is 7.45. The normalized spacial score (nSPS) is 24.0. The number of hydrogen-bond donors (Lipinski definition) is 1. The van der Waals surface area contributed by atoms with Crippen molar-refractivity contribution >= 4 is 31.9 Å². The van der Waals surface area contributed by atoms with Crippen LogP contribution >= 0.6 is 31.9 Å². The van der Waals surface area contributed by atoms with Crippen molar-refractivity contribution in [2.45, 2.75) is 44.8 Å². The van der Waals surface area contributed by atoms with Crippen LogP contribution in [0.5, 0.6) is 0 Å². The molecule has 4 heteroatoms. The molecule has 0 aliphatic carbocycles. The van der Waals surface area contributed by atoms with E-state index in [4.69, 9.17) is 9.84 Å². The van der Waals surface area contributed by atoms with Crippen LogP contribution in [0.25, 0.3) is 0 Å². The van der Waals surface area contributed by atoms with E-state index < -0.39 is 0 Å². The van der Waals surface area contributed by atoms with Crippen LogP contribution in [0.4, 0.5) is 0 Å². The topological polar surface area (TPSA) is 29.5 Å². The lowest BCUT2D eigenvalue weighted by Crippen LogP contribution is -2.25. The van der Waals surface area contributed by atoms with Gasteiger partial charge in [0.05, 0.1) is 22.2 Å². The molecule has 0 aromatic heterocycles. The van der Waals surface area contributed by atoms with Gasteiger partial charge in [-0.25, -0.2) is 0 Å². The molecule has 1 aliphatic rings. The Balaban J connectivity index is 2.38. The van der Waals surface area contributed by atoms with Crippen molar-refractivity contribution in [2.24, 2.45) is 5.92 Å². The minimum Gasteiger partial charge on any atom is -0.392 e. The van der Waals surface area contributed by atoms with Crippen molar-refractivity contribution in [3.63, 3.8) is 0 Å². The highest BCUT2D eigenvalue weighted by Crippen LogP contribution is 2.25. The summed E-state index contributed by atoms with van der Waals surface area (Å²) in [5.41, 5.74) is 0.904. The van der Waals surface area contributed by atoms with Gasteiger partial charge in [-0.15, -0.1) is 0 Å². The molecule has 0 saturated heterocycles. The quantitative estimate of drug-likeness (QED) is 0.636. The number of aliphatic hydroxyl groups is 1. The Hall–Kier alpha value is 0.1000. The van der Waals surface area contributed by atoms with Crippen LogP contribution < -0.4 is 0 Å². The molecular formula is C15H22Br2O2. The molecule has 1 aliphatic heterocycles. The largest absolute Gasteiger partial charge is 0.392 e. The first-order valence-corrected chi connectivity index (χ1v) is 8.20. The Morgan fingerprint density at radius 1 is 1.58 bits per heavy atom. The number of ether oxygens (including phenoxy) is 1. The van der Waals surface area contributed by atoms with E-state index in [0.717, 1.165) is 34.6 Å². The molecule has 0 aromatic rings. The molecule has 0 radical (unpaired) electrons. The Morgan fingerprint density at radius 2 is 2.32 bits per heavy atom. The van der Waals surface area contributed by atoms with Gasteiger partial charge in [-0.1, -0.05) is 37.3 Å². The van der Waals surface area contributed by atoms with Gasteiger partial charge in [0.15, 0.2) is 0 Å². The maximum atomic E-state index is 9.00. The molecule has 0 aromatic carbocycles. The van der Waals surface area contributed by atoms with Gasteiger partial charge in [0.2, 0.25) is 0 Å².